The molecule has 0 aliphatic heterocycles. The van der Waals surface area contributed by atoms with Crippen LogP contribution in [0.25, 0.3) is 0 Å². The molecule has 0 bridgehead atoms. The second kappa shape index (κ2) is 5.70. The molecule has 18 heavy (non-hydrogen) atoms. The van der Waals surface area contributed by atoms with E-state index in [1.807, 2.05) is 25.1 Å². The van der Waals surface area contributed by atoms with Gasteiger partial charge in [0.05, 0.1) is 0 Å². The highest BCUT2D eigenvalue weighted by Gasteiger charge is 2.12. The van der Waals surface area contributed by atoms with Gasteiger partial charge in [0, 0.05) is 5.56 Å². The lowest BCUT2D eigenvalue weighted by Gasteiger charge is -2.07. The van der Waals surface area contributed by atoms with E-state index < -0.39 is 0 Å². The molecule has 0 fully saturated rings. The molecular formula is C12H14N4OS. The molecule has 0 spiro atoms. The Hall–Kier alpha value is -1.79. The first-order chi connectivity index (χ1) is 8.70. The standard InChI is InChI=1S/C12H14N4OS/c1-8-15-16-12(18-8)14-11(17)10-5-3-2-4-9(10)6-7-13/h2-5H,6-7,13H2,1H3,(H,14,16,17). The van der Waals surface area contributed by atoms with Gasteiger partial charge in [-0.3, -0.25) is 10.1 Å². The average Bonchev–Trinajstić information content (AvgIpc) is 2.76. The molecule has 0 aliphatic carbocycles. The average molecular weight is 262 g/mol. The number of hydrogen-bond donors (Lipinski definition) is 2. The Labute approximate surface area is 109 Å². The third kappa shape index (κ3) is 2.91. The number of nitrogens with two attached hydrogens (primary N) is 1. The Balaban J connectivity index is 2.18. The lowest BCUT2D eigenvalue weighted by molar-refractivity contribution is 0.102. The van der Waals surface area contributed by atoms with Crippen molar-refractivity contribution in [1.82, 2.24) is 10.2 Å². The predicted molar refractivity (Wildman–Crippen MR) is 71.8 cm³/mol. The van der Waals surface area contributed by atoms with Gasteiger partial charge in [-0.1, -0.05) is 29.5 Å². The van der Waals surface area contributed by atoms with Crippen LogP contribution in [-0.4, -0.2) is 22.6 Å². The molecule has 0 saturated heterocycles. The van der Waals surface area contributed by atoms with Crippen molar-refractivity contribution < 1.29 is 4.79 Å². The van der Waals surface area contributed by atoms with Crippen molar-refractivity contribution in [1.29, 1.82) is 0 Å². The van der Waals surface area contributed by atoms with Crippen LogP contribution in [0.3, 0.4) is 0 Å². The van der Waals surface area contributed by atoms with Gasteiger partial charge in [0.25, 0.3) is 5.91 Å². The van der Waals surface area contributed by atoms with Crippen molar-refractivity contribution in [3.63, 3.8) is 0 Å². The minimum Gasteiger partial charge on any atom is -0.330 e. The predicted octanol–water partition coefficient (Wildman–Crippen LogP) is 1.60. The van der Waals surface area contributed by atoms with Crippen LogP contribution >= 0.6 is 11.3 Å². The summed E-state index contributed by atoms with van der Waals surface area (Å²) in [5.74, 6) is -0.171. The van der Waals surface area contributed by atoms with E-state index in [9.17, 15) is 4.79 Å². The van der Waals surface area contributed by atoms with Crippen LogP contribution in [0.4, 0.5) is 5.13 Å². The molecule has 0 radical (unpaired) electrons. The molecule has 2 aromatic rings. The largest absolute Gasteiger partial charge is 0.330 e. The molecule has 0 saturated carbocycles. The number of aryl methyl sites for hydroxylation is 1. The first kappa shape index (κ1) is 12.7. The molecule has 2 rings (SSSR count). The third-order valence-electron chi connectivity index (χ3n) is 2.42. The van der Waals surface area contributed by atoms with Crippen molar-refractivity contribution in [3.8, 4) is 0 Å². The lowest BCUT2D eigenvalue weighted by atomic mass is 10.0. The molecule has 5 nitrogen and oxygen atoms in total. The summed E-state index contributed by atoms with van der Waals surface area (Å²) in [5.41, 5.74) is 7.11. The second-order valence-electron chi connectivity index (χ2n) is 3.78. The van der Waals surface area contributed by atoms with E-state index >= 15 is 0 Å². The smallest absolute Gasteiger partial charge is 0.257 e. The van der Waals surface area contributed by atoms with Crippen molar-refractivity contribution in [3.05, 3.63) is 40.4 Å². The Morgan fingerprint density at radius 1 is 1.39 bits per heavy atom. The maximum Gasteiger partial charge on any atom is 0.257 e. The summed E-state index contributed by atoms with van der Waals surface area (Å²) >= 11 is 1.35. The fraction of sp³-hybridized carbons (Fsp3) is 0.250. The van der Waals surface area contributed by atoms with E-state index in [4.69, 9.17) is 5.73 Å². The zero-order chi connectivity index (χ0) is 13.0. The van der Waals surface area contributed by atoms with E-state index in [0.717, 1.165) is 10.6 Å². The molecule has 1 aromatic heterocycles. The minimum atomic E-state index is -0.171. The van der Waals surface area contributed by atoms with Crippen LogP contribution in [0.15, 0.2) is 24.3 Å². The zero-order valence-corrected chi connectivity index (χ0v) is 10.8. The summed E-state index contributed by atoms with van der Waals surface area (Å²) in [4.78, 5) is 12.1. The number of carbonyl (C=O) groups is 1. The van der Waals surface area contributed by atoms with Crippen molar-refractivity contribution in [2.75, 3.05) is 11.9 Å². The molecule has 3 N–H and O–H groups in total. The quantitative estimate of drug-likeness (QED) is 0.877. The summed E-state index contributed by atoms with van der Waals surface area (Å²) in [6, 6.07) is 7.43. The highest BCUT2D eigenvalue weighted by molar-refractivity contribution is 7.15. The highest BCUT2D eigenvalue weighted by atomic mass is 32.1. The number of rotatable bonds is 4. The summed E-state index contributed by atoms with van der Waals surface area (Å²) in [6.07, 6.45) is 0.679. The van der Waals surface area contributed by atoms with Crippen LogP contribution in [0.2, 0.25) is 0 Å². The van der Waals surface area contributed by atoms with Gasteiger partial charge in [0.2, 0.25) is 5.13 Å². The number of carbonyl (C=O) groups excluding carboxylic acids is 1. The molecule has 1 amide bonds. The Morgan fingerprint density at radius 3 is 2.83 bits per heavy atom. The monoisotopic (exact) mass is 262 g/mol. The molecule has 0 aliphatic rings. The van der Waals surface area contributed by atoms with E-state index in [-0.39, 0.29) is 5.91 Å². The van der Waals surface area contributed by atoms with E-state index in [1.54, 1.807) is 6.07 Å². The SMILES string of the molecule is Cc1nnc(NC(=O)c2ccccc2CCN)s1. The van der Waals surface area contributed by atoms with E-state index in [2.05, 4.69) is 15.5 Å². The van der Waals surface area contributed by atoms with Gasteiger partial charge >= 0.3 is 0 Å². The maximum atomic E-state index is 12.1. The summed E-state index contributed by atoms with van der Waals surface area (Å²) in [6.45, 7) is 2.36. The molecule has 6 heteroatoms. The summed E-state index contributed by atoms with van der Waals surface area (Å²) < 4.78 is 0. The summed E-state index contributed by atoms with van der Waals surface area (Å²) in [5, 5.41) is 11.8. The number of benzene rings is 1. The van der Waals surface area contributed by atoms with Crippen LogP contribution < -0.4 is 11.1 Å². The highest BCUT2D eigenvalue weighted by Crippen LogP contribution is 2.16. The molecule has 0 atom stereocenters. The van der Waals surface area contributed by atoms with Crippen LogP contribution in [0.1, 0.15) is 20.9 Å². The third-order valence-corrected chi connectivity index (χ3v) is 3.18. The van der Waals surface area contributed by atoms with Crippen LogP contribution in [-0.2, 0) is 6.42 Å². The van der Waals surface area contributed by atoms with E-state index in [0.29, 0.717) is 23.7 Å². The number of anilines is 1. The van der Waals surface area contributed by atoms with Gasteiger partial charge in [0.15, 0.2) is 0 Å². The second-order valence-corrected chi connectivity index (χ2v) is 4.96. The first-order valence-electron chi connectivity index (χ1n) is 5.60. The molecule has 1 heterocycles. The van der Waals surface area contributed by atoms with Gasteiger partial charge < -0.3 is 5.73 Å². The van der Waals surface area contributed by atoms with Gasteiger partial charge in [-0.2, -0.15) is 0 Å². The zero-order valence-electron chi connectivity index (χ0n) is 10.0. The number of hydrogen-bond acceptors (Lipinski definition) is 5. The topological polar surface area (TPSA) is 80.9 Å². The molecule has 1 aromatic carbocycles. The molecule has 94 valence electrons. The minimum absolute atomic E-state index is 0.171. The van der Waals surface area contributed by atoms with Gasteiger partial charge in [-0.25, -0.2) is 0 Å². The number of nitrogens with one attached hydrogen (secondary N) is 1. The Bertz CT molecular complexity index is 553. The van der Waals surface area contributed by atoms with Crippen molar-refractivity contribution in [2.45, 2.75) is 13.3 Å². The number of aromatic nitrogens is 2. The van der Waals surface area contributed by atoms with E-state index in [1.165, 1.54) is 11.3 Å². The van der Waals surface area contributed by atoms with Gasteiger partial charge in [-0.05, 0) is 31.5 Å². The fourth-order valence-corrected chi connectivity index (χ4v) is 2.21. The van der Waals surface area contributed by atoms with Crippen molar-refractivity contribution >= 4 is 22.4 Å². The van der Waals surface area contributed by atoms with Crippen LogP contribution in [0, 0.1) is 6.92 Å². The van der Waals surface area contributed by atoms with Crippen LogP contribution in [0.5, 0.6) is 0 Å². The fourth-order valence-electron chi connectivity index (χ4n) is 1.63. The molecular weight excluding hydrogens is 248 g/mol. The van der Waals surface area contributed by atoms with Gasteiger partial charge in [0.1, 0.15) is 5.01 Å². The maximum absolute atomic E-state index is 12.1. The van der Waals surface area contributed by atoms with Gasteiger partial charge in [-0.15, -0.1) is 10.2 Å². The normalized spacial score (nSPS) is 10.3. The Kier molecular flexibility index (Phi) is 4.01. The van der Waals surface area contributed by atoms with Crippen molar-refractivity contribution in [2.24, 2.45) is 5.73 Å². The first-order valence-corrected chi connectivity index (χ1v) is 6.42. The number of nitrogens with zero attached hydrogens (tertiary/aromatic N) is 2. The Morgan fingerprint density at radius 2 is 2.17 bits per heavy atom. The molecule has 0 unspecified atom stereocenters. The lowest BCUT2D eigenvalue weighted by Crippen LogP contribution is -2.15. The summed E-state index contributed by atoms with van der Waals surface area (Å²) in [7, 11) is 0. The number of amides is 1.